The van der Waals surface area contributed by atoms with Crippen LogP contribution in [-0.4, -0.2) is 36.9 Å². The number of nitrogens with one attached hydrogen (secondary N) is 3. The van der Waals surface area contributed by atoms with Crippen molar-refractivity contribution < 1.29 is 18.8 Å². The van der Waals surface area contributed by atoms with E-state index in [2.05, 4.69) is 16.0 Å². The first-order valence-electron chi connectivity index (χ1n) is 9.32. The topological polar surface area (TPSA) is 90.5 Å². The number of nitrogens with zero attached hydrogens (tertiary/aromatic N) is 1. The molecule has 1 unspecified atom stereocenters. The summed E-state index contributed by atoms with van der Waals surface area (Å²) in [4.78, 5) is 37.4. The van der Waals surface area contributed by atoms with E-state index in [-0.39, 0.29) is 29.6 Å². The first-order valence-corrected chi connectivity index (χ1v) is 9.32. The summed E-state index contributed by atoms with van der Waals surface area (Å²) in [5.74, 6) is -1.19. The molecular weight excluding hydrogens is 375 g/mol. The summed E-state index contributed by atoms with van der Waals surface area (Å²) in [6, 6.07) is 11.1. The van der Waals surface area contributed by atoms with Crippen LogP contribution in [0.25, 0.3) is 0 Å². The minimum Gasteiger partial charge on any atom is -0.367 e. The van der Waals surface area contributed by atoms with Crippen LogP contribution in [0.15, 0.2) is 42.5 Å². The Morgan fingerprint density at radius 1 is 1.00 bits per heavy atom. The number of carbonyl (C=O) groups is 3. The zero-order valence-electron chi connectivity index (χ0n) is 16.3. The Bertz CT molecular complexity index is 913. The minimum atomic E-state index is -0.329. The molecule has 0 aromatic heterocycles. The van der Waals surface area contributed by atoms with Crippen LogP contribution in [0.2, 0.25) is 0 Å². The van der Waals surface area contributed by atoms with E-state index in [4.69, 9.17) is 0 Å². The van der Waals surface area contributed by atoms with Crippen LogP contribution in [0.1, 0.15) is 30.6 Å². The first kappa shape index (κ1) is 20.3. The maximum absolute atomic E-state index is 14.0. The monoisotopic (exact) mass is 398 g/mol. The molecule has 1 saturated heterocycles. The van der Waals surface area contributed by atoms with Crippen LogP contribution in [0.4, 0.5) is 21.5 Å². The van der Waals surface area contributed by atoms with E-state index in [0.717, 1.165) is 0 Å². The summed E-state index contributed by atoms with van der Waals surface area (Å²) in [5, 5.41) is 8.19. The molecular formula is C21H23FN4O3. The number of hydrogen-bond acceptors (Lipinski definition) is 4. The molecule has 2 aromatic rings. The molecule has 3 rings (SSSR count). The maximum atomic E-state index is 14.0. The van der Waals surface area contributed by atoms with Gasteiger partial charge in [-0.1, -0.05) is 12.1 Å². The number of carbonyl (C=O) groups excluding carboxylic acids is 3. The lowest BCUT2D eigenvalue weighted by Crippen LogP contribution is -2.37. The van der Waals surface area contributed by atoms with E-state index in [9.17, 15) is 18.8 Å². The number of halogens is 1. The molecule has 1 heterocycles. The fourth-order valence-corrected chi connectivity index (χ4v) is 3.38. The summed E-state index contributed by atoms with van der Waals surface area (Å²) in [6.07, 6.45) is 0.685. The summed E-state index contributed by atoms with van der Waals surface area (Å²) in [7, 11) is 0. The second-order valence-electron chi connectivity index (χ2n) is 7.02. The van der Waals surface area contributed by atoms with Gasteiger partial charge >= 0.3 is 0 Å². The fraction of sp³-hybridized carbons (Fsp3) is 0.286. The molecule has 3 N–H and O–H groups in total. The molecule has 2 aromatic carbocycles. The van der Waals surface area contributed by atoms with Gasteiger partial charge in [-0.15, -0.1) is 0 Å². The zero-order chi connectivity index (χ0) is 21.0. The molecule has 1 atom stereocenters. The van der Waals surface area contributed by atoms with Crippen LogP contribution in [0.3, 0.4) is 0 Å². The van der Waals surface area contributed by atoms with Gasteiger partial charge in [-0.25, -0.2) is 4.39 Å². The first-order chi connectivity index (χ1) is 13.8. The van der Waals surface area contributed by atoms with Crippen molar-refractivity contribution in [1.29, 1.82) is 0 Å². The van der Waals surface area contributed by atoms with Crippen molar-refractivity contribution in [3.8, 4) is 0 Å². The largest absolute Gasteiger partial charge is 0.367 e. The second kappa shape index (κ2) is 8.72. The number of anilines is 3. The van der Waals surface area contributed by atoms with Crippen molar-refractivity contribution in [3.63, 3.8) is 0 Å². The van der Waals surface area contributed by atoms with Gasteiger partial charge in [0.05, 0.1) is 5.69 Å². The lowest BCUT2D eigenvalue weighted by atomic mass is 10.1. The molecule has 0 spiro atoms. The third-order valence-corrected chi connectivity index (χ3v) is 4.55. The summed E-state index contributed by atoms with van der Waals surface area (Å²) < 4.78 is 14.0. The van der Waals surface area contributed by atoms with Crippen molar-refractivity contribution in [2.24, 2.45) is 0 Å². The number of para-hydroxylation sites is 1. The Kier molecular flexibility index (Phi) is 6.11. The predicted molar refractivity (Wildman–Crippen MR) is 110 cm³/mol. The lowest BCUT2D eigenvalue weighted by molar-refractivity contribution is -0.115. The highest BCUT2D eigenvalue weighted by atomic mass is 19.1. The molecule has 1 aliphatic heterocycles. The number of hydrogen-bond donors (Lipinski definition) is 3. The van der Waals surface area contributed by atoms with Gasteiger partial charge in [0.1, 0.15) is 5.82 Å². The van der Waals surface area contributed by atoms with Crippen molar-refractivity contribution in [2.75, 3.05) is 28.6 Å². The van der Waals surface area contributed by atoms with E-state index in [1.54, 1.807) is 36.4 Å². The Labute approximate surface area is 168 Å². The Hall–Kier alpha value is -3.42. The Morgan fingerprint density at radius 3 is 2.21 bits per heavy atom. The van der Waals surface area contributed by atoms with E-state index < -0.39 is 0 Å². The molecule has 1 fully saturated rings. The molecule has 3 amide bonds. The highest BCUT2D eigenvalue weighted by molar-refractivity contribution is 6.00. The maximum Gasteiger partial charge on any atom is 0.251 e. The van der Waals surface area contributed by atoms with Crippen molar-refractivity contribution in [1.82, 2.24) is 5.32 Å². The Balaban J connectivity index is 1.72. The third-order valence-electron chi connectivity index (χ3n) is 4.55. The van der Waals surface area contributed by atoms with E-state index in [1.807, 2.05) is 4.90 Å². The quantitative estimate of drug-likeness (QED) is 0.722. The van der Waals surface area contributed by atoms with Crippen LogP contribution in [0.5, 0.6) is 0 Å². The molecule has 1 aliphatic rings. The summed E-state index contributed by atoms with van der Waals surface area (Å²) >= 11 is 0. The molecule has 8 heteroatoms. The average molecular weight is 398 g/mol. The standard InChI is InChI=1S/C21H23FN4O3/c1-13(27)23-17-9-15(10-18(11-17)24-14(2)28)21(29)25-16-7-8-26(12-16)20-6-4-3-5-19(20)22/h3-6,9-11,16H,7-8,12H2,1-2H3,(H,23,27)(H,24,28)(H,25,29). The molecule has 0 saturated carbocycles. The number of rotatable bonds is 5. The van der Waals surface area contributed by atoms with Gasteiger partial charge in [-0.05, 0) is 36.8 Å². The smallest absolute Gasteiger partial charge is 0.251 e. The number of benzene rings is 2. The van der Waals surface area contributed by atoms with Gasteiger partial charge in [0, 0.05) is 49.9 Å². The minimum absolute atomic E-state index is 0.143. The van der Waals surface area contributed by atoms with Crippen molar-refractivity contribution >= 4 is 34.8 Å². The van der Waals surface area contributed by atoms with E-state index in [1.165, 1.54) is 19.9 Å². The highest BCUT2D eigenvalue weighted by Crippen LogP contribution is 2.24. The Morgan fingerprint density at radius 2 is 1.62 bits per heavy atom. The van der Waals surface area contributed by atoms with Gasteiger partial charge in [0.25, 0.3) is 5.91 Å². The molecule has 7 nitrogen and oxygen atoms in total. The molecule has 0 aliphatic carbocycles. The van der Waals surface area contributed by atoms with Crippen molar-refractivity contribution in [3.05, 3.63) is 53.8 Å². The van der Waals surface area contributed by atoms with Gasteiger partial charge in [0.15, 0.2) is 0 Å². The van der Waals surface area contributed by atoms with Crippen LogP contribution >= 0.6 is 0 Å². The van der Waals surface area contributed by atoms with E-state index in [0.29, 0.717) is 42.1 Å². The molecule has 0 bridgehead atoms. The van der Waals surface area contributed by atoms with E-state index >= 15 is 0 Å². The van der Waals surface area contributed by atoms with Crippen molar-refractivity contribution in [2.45, 2.75) is 26.3 Å². The van der Waals surface area contributed by atoms with Gasteiger partial charge in [-0.3, -0.25) is 14.4 Å². The molecule has 152 valence electrons. The fourth-order valence-electron chi connectivity index (χ4n) is 3.38. The van der Waals surface area contributed by atoms with Gasteiger partial charge in [0.2, 0.25) is 11.8 Å². The van der Waals surface area contributed by atoms with Crippen LogP contribution in [-0.2, 0) is 9.59 Å². The normalized spacial score (nSPS) is 15.7. The highest BCUT2D eigenvalue weighted by Gasteiger charge is 2.26. The molecule has 29 heavy (non-hydrogen) atoms. The average Bonchev–Trinajstić information content (AvgIpc) is 3.09. The zero-order valence-corrected chi connectivity index (χ0v) is 16.3. The molecule has 0 radical (unpaired) electrons. The number of amides is 3. The van der Waals surface area contributed by atoms with Gasteiger partial charge < -0.3 is 20.9 Å². The summed E-state index contributed by atoms with van der Waals surface area (Å²) in [6.45, 7) is 3.85. The lowest BCUT2D eigenvalue weighted by Gasteiger charge is -2.19. The van der Waals surface area contributed by atoms with Gasteiger partial charge in [-0.2, -0.15) is 0 Å². The third kappa shape index (κ3) is 5.31. The van der Waals surface area contributed by atoms with Crippen LogP contribution < -0.4 is 20.9 Å². The summed E-state index contributed by atoms with van der Waals surface area (Å²) in [5.41, 5.74) is 1.65. The predicted octanol–water partition coefficient (Wildman–Crippen LogP) is 2.75. The van der Waals surface area contributed by atoms with Crippen LogP contribution in [0, 0.1) is 5.82 Å². The second-order valence-corrected chi connectivity index (χ2v) is 7.02. The SMILES string of the molecule is CC(=O)Nc1cc(NC(C)=O)cc(C(=O)NC2CCN(c3ccccc3F)C2)c1.